The highest BCUT2D eigenvalue weighted by Crippen LogP contribution is 2.35. The molecule has 0 radical (unpaired) electrons. The summed E-state index contributed by atoms with van der Waals surface area (Å²) in [5.41, 5.74) is 1.55. The van der Waals surface area contributed by atoms with Crippen molar-refractivity contribution < 1.29 is 4.39 Å². The molecule has 1 aliphatic heterocycles. The molecule has 2 rings (SSSR count). The molecule has 0 amide bonds. The Labute approximate surface area is 110 Å². The number of hydrogen-bond acceptors (Lipinski definition) is 1. The highest BCUT2D eigenvalue weighted by molar-refractivity contribution is 5.20. The third kappa shape index (κ3) is 3.55. The summed E-state index contributed by atoms with van der Waals surface area (Å²) in [6, 6.07) is 7.50. The number of benzene rings is 1. The molecule has 0 saturated carbocycles. The van der Waals surface area contributed by atoms with Gasteiger partial charge in [-0.05, 0) is 55.5 Å². The molecule has 1 saturated heterocycles. The fourth-order valence-electron chi connectivity index (χ4n) is 2.78. The van der Waals surface area contributed by atoms with E-state index in [0.29, 0.717) is 11.5 Å². The zero-order valence-electron chi connectivity index (χ0n) is 11.7. The van der Waals surface area contributed by atoms with E-state index >= 15 is 0 Å². The topological polar surface area (TPSA) is 3.24 Å². The smallest absolute Gasteiger partial charge is 0.123 e. The van der Waals surface area contributed by atoms with Crippen LogP contribution in [0.4, 0.5) is 4.39 Å². The third-order valence-electron chi connectivity index (χ3n) is 3.64. The minimum Gasteiger partial charge on any atom is -0.296 e. The Bertz CT molecular complexity index is 371. The van der Waals surface area contributed by atoms with E-state index in [-0.39, 0.29) is 5.82 Å². The van der Waals surface area contributed by atoms with Crippen LogP contribution >= 0.6 is 0 Å². The minimum absolute atomic E-state index is 0.144. The molecule has 0 spiro atoms. The van der Waals surface area contributed by atoms with Gasteiger partial charge in [-0.2, -0.15) is 0 Å². The van der Waals surface area contributed by atoms with E-state index < -0.39 is 0 Å². The first-order chi connectivity index (χ1) is 8.46. The highest BCUT2D eigenvalue weighted by Gasteiger charge is 2.27. The molecule has 1 aromatic carbocycles. The van der Waals surface area contributed by atoms with Crippen LogP contribution in [0.1, 0.15) is 51.6 Å². The number of nitrogens with zero attached hydrogens (tertiary/aromatic N) is 1. The van der Waals surface area contributed by atoms with Crippen LogP contribution in [0.5, 0.6) is 0 Å². The summed E-state index contributed by atoms with van der Waals surface area (Å²) in [7, 11) is 0. The maximum atomic E-state index is 13.1. The van der Waals surface area contributed by atoms with Gasteiger partial charge in [0.05, 0.1) is 0 Å². The van der Waals surface area contributed by atoms with E-state index in [4.69, 9.17) is 0 Å². The predicted molar refractivity (Wildman–Crippen MR) is 74.0 cm³/mol. The quantitative estimate of drug-likeness (QED) is 0.767. The van der Waals surface area contributed by atoms with Crippen molar-refractivity contribution in [1.82, 2.24) is 4.90 Å². The lowest BCUT2D eigenvalue weighted by Crippen LogP contribution is -2.29. The maximum absolute atomic E-state index is 13.1. The van der Waals surface area contributed by atoms with Gasteiger partial charge in [-0.25, -0.2) is 4.39 Å². The van der Waals surface area contributed by atoms with E-state index in [0.717, 1.165) is 6.42 Å². The van der Waals surface area contributed by atoms with Crippen molar-refractivity contribution in [1.29, 1.82) is 0 Å². The molecule has 0 aromatic heterocycles. The number of rotatable bonds is 3. The van der Waals surface area contributed by atoms with Crippen molar-refractivity contribution in [2.24, 2.45) is 5.41 Å². The van der Waals surface area contributed by atoms with Crippen LogP contribution in [0, 0.1) is 11.2 Å². The van der Waals surface area contributed by atoms with Crippen molar-refractivity contribution in [2.75, 3.05) is 13.1 Å². The Morgan fingerprint density at radius 2 is 1.67 bits per heavy atom. The fraction of sp³-hybridized carbons (Fsp3) is 0.625. The molecule has 1 atom stereocenters. The number of hydrogen-bond donors (Lipinski definition) is 0. The summed E-state index contributed by atoms with van der Waals surface area (Å²) in [5.74, 6) is -0.144. The Balaban J connectivity index is 2.20. The molecule has 0 N–H and O–H groups in total. The second-order valence-corrected chi connectivity index (χ2v) is 6.58. The van der Waals surface area contributed by atoms with Crippen LogP contribution in [0.25, 0.3) is 0 Å². The molecule has 1 fully saturated rings. The van der Waals surface area contributed by atoms with Crippen LogP contribution in [0.15, 0.2) is 24.3 Å². The van der Waals surface area contributed by atoms with Gasteiger partial charge < -0.3 is 0 Å². The van der Waals surface area contributed by atoms with Gasteiger partial charge in [0.15, 0.2) is 0 Å². The Morgan fingerprint density at radius 1 is 1.11 bits per heavy atom. The van der Waals surface area contributed by atoms with E-state index in [1.165, 1.54) is 31.5 Å². The van der Waals surface area contributed by atoms with Gasteiger partial charge in [-0.3, -0.25) is 4.90 Å². The van der Waals surface area contributed by atoms with Gasteiger partial charge in [0.1, 0.15) is 5.82 Å². The van der Waals surface area contributed by atoms with Crippen LogP contribution in [-0.2, 0) is 0 Å². The molecule has 18 heavy (non-hydrogen) atoms. The number of likely N-dealkylation sites (tertiary alicyclic amines) is 1. The summed E-state index contributed by atoms with van der Waals surface area (Å²) < 4.78 is 13.1. The van der Waals surface area contributed by atoms with Crippen LogP contribution in [0.2, 0.25) is 0 Å². The molecule has 100 valence electrons. The average Bonchev–Trinajstić information content (AvgIpc) is 2.79. The lowest BCUT2D eigenvalue weighted by molar-refractivity contribution is 0.179. The molecule has 1 nitrogen and oxygen atoms in total. The van der Waals surface area contributed by atoms with Crippen molar-refractivity contribution >= 4 is 0 Å². The van der Waals surface area contributed by atoms with Gasteiger partial charge in [0.25, 0.3) is 0 Å². The standard InChI is InChI=1S/C16H24FN/c1-16(2,3)12-15(18-10-4-5-11-18)13-6-8-14(17)9-7-13/h6-9,15H,4-5,10-12H2,1-3H3. The van der Waals surface area contributed by atoms with Crippen LogP contribution in [0.3, 0.4) is 0 Å². The second kappa shape index (κ2) is 5.40. The van der Waals surface area contributed by atoms with Crippen LogP contribution in [-0.4, -0.2) is 18.0 Å². The molecule has 0 bridgehead atoms. The second-order valence-electron chi connectivity index (χ2n) is 6.58. The number of halogens is 1. The Morgan fingerprint density at radius 3 is 2.17 bits per heavy atom. The first-order valence-electron chi connectivity index (χ1n) is 6.95. The van der Waals surface area contributed by atoms with Gasteiger partial charge in [0, 0.05) is 6.04 Å². The summed E-state index contributed by atoms with van der Waals surface area (Å²) in [6.07, 6.45) is 3.71. The first-order valence-corrected chi connectivity index (χ1v) is 6.95. The molecule has 1 unspecified atom stereocenters. The molecule has 1 aromatic rings. The van der Waals surface area contributed by atoms with Crippen molar-refractivity contribution in [3.63, 3.8) is 0 Å². The molecule has 0 aliphatic carbocycles. The summed E-state index contributed by atoms with van der Waals surface area (Å²) >= 11 is 0. The summed E-state index contributed by atoms with van der Waals surface area (Å²) in [6.45, 7) is 9.19. The lowest BCUT2D eigenvalue weighted by atomic mass is 9.85. The third-order valence-corrected chi connectivity index (χ3v) is 3.64. The van der Waals surface area contributed by atoms with Gasteiger partial charge in [-0.1, -0.05) is 32.9 Å². The molecule has 2 heteroatoms. The molecule has 1 heterocycles. The van der Waals surface area contributed by atoms with Crippen molar-refractivity contribution in [3.05, 3.63) is 35.6 Å². The van der Waals surface area contributed by atoms with Gasteiger partial charge in [-0.15, -0.1) is 0 Å². The zero-order chi connectivity index (χ0) is 13.2. The zero-order valence-corrected chi connectivity index (χ0v) is 11.7. The SMILES string of the molecule is CC(C)(C)CC(c1ccc(F)cc1)N1CCCC1. The van der Waals surface area contributed by atoms with E-state index in [1.54, 1.807) is 12.1 Å². The lowest BCUT2D eigenvalue weighted by Gasteiger charge is -2.33. The largest absolute Gasteiger partial charge is 0.296 e. The maximum Gasteiger partial charge on any atom is 0.123 e. The van der Waals surface area contributed by atoms with Crippen LogP contribution < -0.4 is 0 Å². The van der Waals surface area contributed by atoms with Gasteiger partial charge in [0.2, 0.25) is 0 Å². The molecular weight excluding hydrogens is 225 g/mol. The van der Waals surface area contributed by atoms with E-state index in [9.17, 15) is 4.39 Å². The summed E-state index contributed by atoms with van der Waals surface area (Å²) in [4.78, 5) is 2.55. The summed E-state index contributed by atoms with van der Waals surface area (Å²) in [5, 5.41) is 0. The van der Waals surface area contributed by atoms with Gasteiger partial charge >= 0.3 is 0 Å². The van der Waals surface area contributed by atoms with Crippen molar-refractivity contribution in [3.8, 4) is 0 Å². The van der Waals surface area contributed by atoms with Crippen molar-refractivity contribution in [2.45, 2.75) is 46.1 Å². The monoisotopic (exact) mass is 249 g/mol. The molecule has 1 aliphatic rings. The van der Waals surface area contributed by atoms with E-state index in [1.807, 2.05) is 12.1 Å². The molecular formula is C16H24FN. The minimum atomic E-state index is -0.144. The predicted octanol–water partition coefficient (Wildman–Crippen LogP) is 4.40. The van der Waals surface area contributed by atoms with E-state index in [2.05, 4.69) is 25.7 Å². The fourth-order valence-corrected chi connectivity index (χ4v) is 2.78. The Kier molecular flexibility index (Phi) is 4.06. The normalized spacial score (nSPS) is 19.1. The highest BCUT2D eigenvalue weighted by atomic mass is 19.1. The average molecular weight is 249 g/mol. The first kappa shape index (κ1) is 13.5. The Hall–Kier alpha value is -0.890.